The number of thioether (sulfide) groups is 1. The van der Waals surface area contributed by atoms with Crippen molar-refractivity contribution in [3.63, 3.8) is 0 Å². The molecule has 0 aromatic carbocycles. The Morgan fingerprint density at radius 3 is 3.04 bits per heavy atom. The lowest BCUT2D eigenvalue weighted by Gasteiger charge is -2.29. The van der Waals surface area contributed by atoms with Crippen LogP contribution in [0.15, 0.2) is 11.3 Å². The van der Waals surface area contributed by atoms with Gasteiger partial charge >= 0.3 is 0 Å². The SMILES string of the molecule is CCNC(=NCCn1cnnc1CC)NC1CCCC(SC)C1. The van der Waals surface area contributed by atoms with E-state index in [0.717, 1.165) is 43.1 Å². The van der Waals surface area contributed by atoms with Crippen LogP contribution in [-0.4, -0.2) is 51.4 Å². The molecule has 23 heavy (non-hydrogen) atoms. The van der Waals surface area contributed by atoms with E-state index in [2.05, 4.69) is 45.5 Å². The van der Waals surface area contributed by atoms with Gasteiger partial charge in [0.25, 0.3) is 0 Å². The lowest BCUT2D eigenvalue weighted by molar-refractivity contribution is 0.419. The Balaban J connectivity index is 1.86. The molecule has 2 rings (SSSR count). The second-order valence-electron chi connectivity index (χ2n) is 5.92. The lowest BCUT2D eigenvalue weighted by Crippen LogP contribution is -2.45. The summed E-state index contributed by atoms with van der Waals surface area (Å²) < 4.78 is 2.08. The summed E-state index contributed by atoms with van der Waals surface area (Å²) in [6.45, 7) is 6.65. The third-order valence-electron chi connectivity index (χ3n) is 4.27. The largest absolute Gasteiger partial charge is 0.357 e. The zero-order valence-electron chi connectivity index (χ0n) is 14.6. The predicted molar refractivity (Wildman–Crippen MR) is 98.1 cm³/mol. The molecular weight excluding hydrogens is 308 g/mol. The second-order valence-corrected chi connectivity index (χ2v) is 7.06. The van der Waals surface area contributed by atoms with Gasteiger partial charge in [-0.15, -0.1) is 10.2 Å². The van der Waals surface area contributed by atoms with Crippen LogP contribution in [0.2, 0.25) is 0 Å². The van der Waals surface area contributed by atoms with Crippen LogP contribution in [0.1, 0.15) is 45.4 Å². The molecule has 7 heteroatoms. The first-order valence-electron chi connectivity index (χ1n) is 8.71. The van der Waals surface area contributed by atoms with Gasteiger partial charge in [-0.2, -0.15) is 11.8 Å². The molecule has 0 amide bonds. The van der Waals surface area contributed by atoms with E-state index in [1.807, 2.05) is 11.8 Å². The summed E-state index contributed by atoms with van der Waals surface area (Å²) in [6, 6.07) is 0.542. The monoisotopic (exact) mass is 338 g/mol. The van der Waals surface area contributed by atoms with Gasteiger partial charge in [-0.25, -0.2) is 0 Å². The Kier molecular flexibility index (Phi) is 7.71. The first-order valence-corrected chi connectivity index (χ1v) is 9.99. The smallest absolute Gasteiger partial charge is 0.191 e. The molecule has 1 aliphatic rings. The number of aromatic nitrogens is 3. The molecular formula is C16H30N6S. The maximum atomic E-state index is 4.72. The quantitative estimate of drug-likeness (QED) is 0.588. The van der Waals surface area contributed by atoms with Gasteiger partial charge in [0.15, 0.2) is 5.96 Å². The number of hydrogen-bond acceptors (Lipinski definition) is 4. The predicted octanol–water partition coefficient (Wildman–Crippen LogP) is 2.07. The summed E-state index contributed by atoms with van der Waals surface area (Å²) in [4.78, 5) is 4.72. The molecule has 2 N–H and O–H groups in total. The number of guanidine groups is 1. The van der Waals surface area contributed by atoms with Crippen LogP contribution < -0.4 is 10.6 Å². The van der Waals surface area contributed by atoms with Crippen LogP contribution in [0, 0.1) is 0 Å². The number of nitrogens with one attached hydrogen (secondary N) is 2. The molecule has 1 aromatic heterocycles. The fourth-order valence-corrected chi connectivity index (χ4v) is 3.84. The van der Waals surface area contributed by atoms with Gasteiger partial charge in [0.05, 0.1) is 6.54 Å². The first kappa shape index (κ1) is 18.1. The molecule has 1 fully saturated rings. The third kappa shape index (κ3) is 5.71. The highest BCUT2D eigenvalue weighted by molar-refractivity contribution is 7.99. The summed E-state index contributed by atoms with van der Waals surface area (Å²) in [5.41, 5.74) is 0. The summed E-state index contributed by atoms with van der Waals surface area (Å²) >= 11 is 1.99. The van der Waals surface area contributed by atoms with Crippen LogP contribution in [0.5, 0.6) is 0 Å². The zero-order chi connectivity index (χ0) is 16.5. The van der Waals surface area contributed by atoms with Crippen LogP contribution in [0.3, 0.4) is 0 Å². The zero-order valence-corrected chi connectivity index (χ0v) is 15.4. The normalized spacial score (nSPS) is 22.1. The number of aryl methyl sites for hydroxylation is 1. The molecule has 0 spiro atoms. The molecule has 1 heterocycles. The summed E-state index contributed by atoms with van der Waals surface area (Å²) in [5, 5.41) is 15.8. The van der Waals surface area contributed by atoms with Crippen LogP contribution >= 0.6 is 11.8 Å². The fourth-order valence-electron chi connectivity index (χ4n) is 3.01. The summed E-state index contributed by atoms with van der Waals surface area (Å²) in [6.07, 6.45) is 10.0. The highest BCUT2D eigenvalue weighted by atomic mass is 32.2. The molecule has 1 aromatic rings. The van der Waals surface area contributed by atoms with Gasteiger partial charge in [0.2, 0.25) is 0 Å². The highest BCUT2D eigenvalue weighted by Crippen LogP contribution is 2.26. The Morgan fingerprint density at radius 1 is 1.43 bits per heavy atom. The fraction of sp³-hybridized carbons (Fsp3) is 0.812. The second kappa shape index (κ2) is 9.80. The van der Waals surface area contributed by atoms with Crippen molar-refractivity contribution in [1.29, 1.82) is 0 Å². The molecule has 0 bridgehead atoms. The van der Waals surface area contributed by atoms with E-state index < -0.39 is 0 Å². The van der Waals surface area contributed by atoms with Gasteiger partial charge in [-0.3, -0.25) is 4.99 Å². The lowest BCUT2D eigenvalue weighted by atomic mass is 9.95. The van der Waals surface area contributed by atoms with Crippen molar-refractivity contribution in [2.45, 2.75) is 63.8 Å². The Hall–Kier alpha value is -1.24. The molecule has 0 aliphatic heterocycles. The van der Waals surface area contributed by atoms with Crippen molar-refractivity contribution in [2.24, 2.45) is 4.99 Å². The Morgan fingerprint density at radius 2 is 2.30 bits per heavy atom. The van der Waals surface area contributed by atoms with Crippen LogP contribution in [0.25, 0.3) is 0 Å². The topological polar surface area (TPSA) is 67.1 Å². The van der Waals surface area contributed by atoms with Crippen LogP contribution in [-0.2, 0) is 13.0 Å². The number of aliphatic imine (C=N–C) groups is 1. The van der Waals surface area contributed by atoms with Crippen molar-refractivity contribution in [2.75, 3.05) is 19.3 Å². The van der Waals surface area contributed by atoms with E-state index in [1.54, 1.807) is 6.33 Å². The summed E-state index contributed by atoms with van der Waals surface area (Å²) in [5.74, 6) is 1.96. The number of hydrogen-bond donors (Lipinski definition) is 2. The van der Waals surface area contributed by atoms with Crippen molar-refractivity contribution < 1.29 is 0 Å². The van der Waals surface area contributed by atoms with E-state index in [0.29, 0.717) is 6.04 Å². The minimum absolute atomic E-state index is 0.542. The highest BCUT2D eigenvalue weighted by Gasteiger charge is 2.21. The van der Waals surface area contributed by atoms with Gasteiger partial charge in [-0.05, 0) is 32.4 Å². The molecule has 0 radical (unpaired) electrons. The molecule has 6 nitrogen and oxygen atoms in total. The van der Waals surface area contributed by atoms with E-state index in [4.69, 9.17) is 4.99 Å². The van der Waals surface area contributed by atoms with E-state index in [1.165, 1.54) is 25.7 Å². The van der Waals surface area contributed by atoms with E-state index in [9.17, 15) is 0 Å². The minimum atomic E-state index is 0.542. The Labute approximate surface area is 143 Å². The molecule has 2 atom stereocenters. The maximum Gasteiger partial charge on any atom is 0.191 e. The average Bonchev–Trinajstić information content (AvgIpc) is 3.02. The van der Waals surface area contributed by atoms with E-state index in [-0.39, 0.29) is 0 Å². The molecule has 1 saturated carbocycles. The van der Waals surface area contributed by atoms with Crippen molar-refractivity contribution in [1.82, 2.24) is 25.4 Å². The van der Waals surface area contributed by atoms with Crippen molar-refractivity contribution in [3.8, 4) is 0 Å². The molecule has 2 unspecified atom stereocenters. The number of nitrogens with zero attached hydrogens (tertiary/aromatic N) is 4. The molecule has 0 saturated heterocycles. The average molecular weight is 339 g/mol. The van der Waals surface area contributed by atoms with Crippen LogP contribution in [0.4, 0.5) is 0 Å². The maximum absolute atomic E-state index is 4.72. The molecule has 130 valence electrons. The Bertz CT molecular complexity index is 487. The summed E-state index contributed by atoms with van der Waals surface area (Å²) in [7, 11) is 0. The molecule has 1 aliphatic carbocycles. The minimum Gasteiger partial charge on any atom is -0.357 e. The van der Waals surface area contributed by atoms with Gasteiger partial charge in [0.1, 0.15) is 12.2 Å². The van der Waals surface area contributed by atoms with E-state index >= 15 is 0 Å². The van der Waals surface area contributed by atoms with Crippen molar-refractivity contribution >= 4 is 17.7 Å². The first-order chi connectivity index (χ1) is 11.3. The van der Waals surface area contributed by atoms with Gasteiger partial charge < -0.3 is 15.2 Å². The van der Waals surface area contributed by atoms with Gasteiger partial charge in [-0.1, -0.05) is 13.3 Å². The number of rotatable bonds is 7. The third-order valence-corrected chi connectivity index (χ3v) is 5.36. The van der Waals surface area contributed by atoms with Gasteiger partial charge in [0, 0.05) is 30.8 Å². The van der Waals surface area contributed by atoms with Crippen molar-refractivity contribution in [3.05, 3.63) is 12.2 Å². The standard InChI is InChI=1S/C16H30N6S/c1-4-15-21-19-12-22(15)10-9-18-16(17-5-2)20-13-7-6-8-14(11-13)23-3/h12-14H,4-11H2,1-3H3,(H2,17,18,20).